The minimum atomic E-state index is -4.05. The topological polar surface area (TPSA) is 115 Å². The number of nitrogens with zero attached hydrogens (tertiary/aromatic N) is 1. The molecule has 0 atom stereocenters. The van der Waals surface area contributed by atoms with Crippen LogP contribution in [-0.4, -0.2) is 32.5 Å². The van der Waals surface area contributed by atoms with E-state index in [1.807, 2.05) is 57.1 Å². The van der Waals surface area contributed by atoms with Gasteiger partial charge in [0.1, 0.15) is 0 Å². The molecule has 0 fully saturated rings. The van der Waals surface area contributed by atoms with Gasteiger partial charge in [0.2, 0.25) is 0 Å². The van der Waals surface area contributed by atoms with Crippen LogP contribution in [0, 0.1) is 0 Å². The van der Waals surface area contributed by atoms with Crippen LogP contribution in [0.2, 0.25) is 5.02 Å². The van der Waals surface area contributed by atoms with E-state index in [-0.39, 0.29) is 16.3 Å². The second kappa shape index (κ2) is 9.24. The van der Waals surface area contributed by atoms with Crippen molar-refractivity contribution in [3.8, 4) is 11.1 Å². The summed E-state index contributed by atoms with van der Waals surface area (Å²) in [6, 6.07) is 15.8. The molecule has 182 valence electrons. The third kappa shape index (κ3) is 4.96. The highest BCUT2D eigenvalue weighted by molar-refractivity contribution is 7.92. The Kier molecular flexibility index (Phi) is 6.48. The maximum Gasteiger partial charge on any atom is 0.314 e. The number of benzene rings is 3. The van der Waals surface area contributed by atoms with Gasteiger partial charge in [-0.2, -0.15) is 0 Å². The zero-order chi connectivity index (χ0) is 25.5. The van der Waals surface area contributed by atoms with Crippen LogP contribution in [-0.2, 0) is 10.0 Å². The van der Waals surface area contributed by atoms with Gasteiger partial charge in [-0.3, -0.25) is 14.3 Å². The molecule has 3 aromatic carbocycles. The Morgan fingerprint density at radius 2 is 1.57 bits per heavy atom. The van der Waals surface area contributed by atoms with E-state index in [2.05, 4.69) is 14.7 Å². The molecule has 0 aliphatic carbocycles. The number of hydrogen-bond acceptors (Lipinski definition) is 5. The Morgan fingerprint density at radius 1 is 0.914 bits per heavy atom. The Balaban J connectivity index is 1.74. The molecule has 0 bridgehead atoms. The molecule has 1 aromatic heterocycles. The van der Waals surface area contributed by atoms with Gasteiger partial charge in [0.05, 0.1) is 26.6 Å². The normalized spacial score (nSPS) is 11.7. The lowest BCUT2D eigenvalue weighted by atomic mass is 10.0. The zero-order valence-corrected chi connectivity index (χ0v) is 21.2. The van der Waals surface area contributed by atoms with E-state index in [4.69, 9.17) is 11.6 Å². The van der Waals surface area contributed by atoms with Gasteiger partial charge < -0.3 is 14.9 Å². The van der Waals surface area contributed by atoms with Crippen LogP contribution in [0.4, 0.5) is 11.4 Å². The lowest BCUT2D eigenvalue weighted by molar-refractivity contribution is 0.599. The SMILES string of the molecule is CC(C)c1cc2[nH]c(=O)c(=O)[nH]c2cc1S(=O)(=O)Nc1ccc(-c2cccc(N(C)C)c2)c(Cl)c1. The van der Waals surface area contributed by atoms with Crippen molar-refractivity contribution in [2.45, 2.75) is 24.7 Å². The van der Waals surface area contributed by atoms with Crippen molar-refractivity contribution in [3.05, 3.63) is 85.9 Å². The molecule has 4 aromatic rings. The summed E-state index contributed by atoms with van der Waals surface area (Å²) in [4.78, 5) is 30.4. The molecular formula is C25H25ClN4O4S. The molecule has 8 nitrogen and oxygen atoms in total. The number of nitrogens with one attached hydrogen (secondary N) is 3. The minimum absolute atomic E-state index is 0.00146. The van der Waals surface area contributed by atoms with Crippen molar-refractivity contribution in [2.75, 3.05) is 23.7 Å². The van der Waals surface area contributed by atoms with E-state index in [1.165, 1.54) is 6.07 Å². The van der Waals surface area contributed by atoms with E-state index in [0.717, 1.165) is 16.8 Å². The van der Waals surface area contributed by atoms with Gasteiger partial charge in [-0.25, -0.2) is 8.42 Å². The third-order valence-electron chi connectivity index (χ3n) is 5.66. The first-order valence-electron chi connectivity index (χ1n) is 10.9. The van der Waals surface area contributed by atoms with Crippen LogP contribution in [0.3, 0.4) is 0 Å². The fraction of sp³-hybridized carbons (Fsp3) is 0.200. The van der Waals surface area contributed by atoms with Gasteiger partial charge in [0.15, 0.2) is 0 Å². The molecule has 0 spiro atoms. The highest BCUT2D eigenvalue weighted by atomic mass is 35.5. The van der Waals surface area contributed by atoms with Gasteiger partial charge in [0, 0.05) is 25.3 Å². The summed E-state index contributed by atoms with van der Waals surface area (Å²) in [6.07, 6.45) is 0. The quantitative estimate of drug-likeness (QED) is 0.328. The maximum absolute atomic E-state index is 13.4. The second-order valence-corrected chi connectivity index (χ2v) is 10.8. The van der Waals surface area contributed by atoms with E-state index in [9.17, 15) is 18.0 Å². The summed E-state index contributed by atoms with van der Waals surface area (Å²) in [7, 11) is -0.148. The molecule has 0 saturated heterocycles. The third-order valence-corrected chi connectivity index (χ3v) is 7.41. The molecule has 0 radical (unpaired) electrons. The number of H-pyrrole nitrogens is 2. The maximum atomic E-state index is 13.4. The lowest BCUT2D eigenvalue weighted by Crippen LogP contribution is -2.29. The molecule has 4 rings (SSSR count). The molecule has 0 unspecified atom stereocenters. The second-order valence-electron chi connectivity index (χ2n) is 8.74. The summed E-state index contributed by atoms with van der Waals surface area (Å²) in [6.45, 7) is 3.69. The monoisotopic (exact) mass is 512 g/mol. The summed E-state index contributed by atoms with van der Waals surface area (Å²) >= 11 is 6.54. The summed E-state index contributed by atoms with van der Waals surface area (Å²) in [5.74, 6) is -0.170. The van der Waals surface area contributed by atoms with Crippen molar-refractivity contribution in [3.63, 3.8) is 0 Å². The molecule has 1 heterocycles. The molecule has 3 N–H and O–H groups in total. The van der Waals surface area contributed by atoms with Crippen LogP contribution in [0.5, 0.6) is 0 Å². The molecular weight excluding hydrogens is 488 g/mol. The average Bonchev–Trinajstić information content (AvgIpc) is 2.79. The number of anilines is 2. The number of halogens is 1. The van der Waals surface area contributed by atoms with Crippen LogP contribution in [0.15, 0.2) is 69.1 Å². The molecule has 0 aliphatic heterocycles. The zero-order valence-electron chi connectivity index (χ0n) is 19.6. The standard InChI is InChI=1S/C25H25ClN4O4S/c1-14(2)19-12-21-22(28-25(32)24(31)27-21)13-23(19)35(33,34)29-16-8-9-18(20(26)11-16)15-6-5-7-17(10-15)30(3)4/h5-14,29H,1-4H3,(H,27,31)(H,28,32). The Morgan fingerprint density at radius 3 is 2.17 bits per heavy atom. The molecule has 0 aliphatic rings. The van der Waals surface area contributed by atoms with Gasteiger partial charge in [0.25, 0.3) is 10.0 Å². The minimum Gasteiger partial charge on any atom is -0.378 e. The van der Waals surface area contributed by atoms with Gasteiger partial charge >= 0.3 is 11.1 Å². The fourth-order valence-electron chi connectivity index (χ4n) is 3.82. The fourth-order valence-corrected chi connectivity index (χ4v) is 5.53. The number of aromatic amines is 2. The molecule has 10 heteroatoms. The van der Waals surface area contributed by atoms with E-state index >= 15 is 0 Å². The smallest absolute Gasteiger partial charge is 0.314 e. The number of hydrogen-bond donors (Lipinski definition) is 3. The predicted octanol–water partition coefficient (Wildman–Crippen LogP) is 4.53. The number of sulfonamides is 1. The van der Waals surface area contributed by atoms with Crippen molar-refractivity contribution in [1.29, 1.82) is 0 Å². The highest BCUT2D eigenvalue weighted by Crippen LogP contribution is 2.34. The van der Waals surface area contributed by atoms with Crippen LogP contribution in [0.25, 0.3) is 22.2 Å². The van der Waals surface area contributed by atoms with Crippen molar-refractivity contribution < 1.29 is 8.42 Å². The van der Waals surface area contributed by atoms with Crippen molar-refractivity contribution >= 4 is 44.0 Å². The van der Waals surface area contributed by atoms with Crippen molar-refractivity contribution in [2.24, 2.45) is 0 Å². The first-order chi connectivity index (χ1) is 16.5. The molecule has 0 saturated carbocycles. The van der Waals surface area contributed by atoms with E-state index in [0.29, 0.717) is 21.8 Å². The lowest BCUT2D eigenvalue weighted by Gasteiger charge is -2.17. The number of fused-ring (bicyclic) bond motifs is 1. The van der Waals surface area contributed by atoms with E-state index < -0.39 is 21.1 Å². The van der Waals surface area contributed by atoms with Gasteiger partial charge in [-0.05, 0) is 53.4 Å². The van der Waals surface area contributed by atoms with E-state index in [1.54, 1.807) is 24.3 Å². The van der Waals surface area contributed by atoms with Crippen LogP contribution < -0.4 is 20.7 Å². The Bertz CT molecular complexity index is 1660. The molecule has 35 heavy (non-hydrogen) atoms. The highest BCUT2D eigenvalue weighted by Gasteiger charge is 2.22. The van der Waals surface area contributed by atoms with Crippen molar-refractivity contribution in [1.82, 2.24) is 9.97 Å². The number of rotatable bonds is 6. The largest absolute Gasteiger partial charge is 0.378 e. The Labute approximate surface area is 207 Å². The van der Waals surface area contributed by atoms with Crippen LogP contribution >= 0.6 is 11.6 Å². The first-order valence-corrected chi connectivity index (χ1v) is 12.7. The molecule has 0 amide bonds. The number of aromatic nitrogens is 2. The summed E-state index contributed by atoms with van der Waals surface area (Å²) in [5.41, 5.74) is 2.40. The van der Waals surface area contributed by atoms with Gasteiger partial charge in [-0.15, -0.1) is 0 Å². The predicted molar refractivity (Wildman–Crippen MR) is 141 cm³/mol. The van der Waals surface area contributed by atoms with Gasteiger partial charge in [-0.1, -0.05) is 43.6 Å². The summed E-state index contributed by atoms with van der Waals surface area (Å²) in [5, 5.41) is 0.394. The van der Waals surface area contributed by atoms with Crippen LogP contribution in [0.1, 0.15) is 25.3 Å². The average molecular weight is 513 g/mol. The first kappa shape index (κ1) is 24.6. The Hall–Kier alpha value is -3.56. The summed E-state index contributed by atoms with van der Waals surface area (Å²) < 4.78 is 29.4.